The van der Waals surface area contributed by atoms with Crippen LogP contribution in [0.1, 0.15) is 50.2 Å². The predicted octanol–water partition coefficient (Wildman–Crippen LogP) is 3.48. The number of benzene rings is 1. The molecule has 3 aliphatic heterocycles. The molecule has 5 atom stereocenters. The number of fused-ring (bicyclic) bond motifs is 1. The van der Waals surface area contributed by atoms with Crippen molar-refractivity contribution in [3.63, 3.8) is 0 Å². The summed E-state index contributed by atoms with van der Waals surface area (Å²) in [6.07, 6.45) is 5.82. The van der Waals surface area contributed by atoms with Crippen LogP contribution in [0.3, 0.4) is 0 Å². The number of unbranched alkanes of at least 4 members (excludes halogenated alkanes) is 1. The zero-order valence-corrected chi connectivity index (χ0v) is 22.8. The van der Waals surface area contributed by atoms with Crippen LogP contribution in [-0.2, 0) is 23.9 Å². The van der Waals surface area contributed by atoms with Crippen LogP contribution in [0.4, 0.5) is 5.69 Å². The third-order valence-corrected chi connectivity index (χ3v) is 8.61. The van der Waals surface area contributed by atoms with Gasteiger partial charge in [-0.3, -0.25) is 14.4 Å². The van der Waals surface area contributed by atoms with Crippen molar-refractivity contribution in [3.8, 4) is 0 Å². The molecule has 0 aliphatic carbocycles. The molecule has 3 heterocycles. The normalized spacial score (nSPS) is 29.3. The minimum atomic E-state index is -1.13. The van der Waals surface area contributed by atoms with Crippen molar-refractivity contribution >= 4 is 23.5 Å². The first-order valence-corrected chi connectivity index (χ1v) is 13.6. The molecular weight excluding hydrogens is 484 g/mol. The van der Waals surface area contributed by atoms with Crippen LogP contribution >= 0.6 is 0 Å². The molecule has 3 fully saturated rings. The summed E-state index contributed by atoms with van der Waals surface area (Å²) in [4.78, 5) is 45.4. The summed E-state index contributed by atoms with van der Waals surface area (Å²) < 4.78 is 12.3. The van der Waals surface area contributed by atoms with E-state index in [2.05, 4.69) is 13.2 Å². The summed E-state index contributed by atoms with van der Waals surface area (Å²) in [5.41, 5.74) is 0.698. The van der Waals surface area contributed by atoms with E-state index in [1.54, 1.807) is 15.9 Å². The van der Waals surface area contributed by atoms with E-state index in [0.717, 1.165) is 16.8 Å². The quantitative estimate of drug-likeness (QED) is 0.256. The van der Waals surface area contributed by atoms with E-state index >= 15 is 0 Å². The van der Waals surface area contributed by atoms with Crippen molar-refractivity contribution in [2.75, 3.05) is 31.2 Å². The average molecular weight is 525 g/mol. The Bertz CT molecular complexity index is 1100. The minimum Gasteiger partial charge on any atom is -0.461 e. The summed E-state index contributed by atoms with van der Waals surface area (Å²) in [5.74, 6) is -2.57. The number of anilines is 1. The van der Waals surface area contributed by atoms with E-state index in [-0.39, 0.29) is 31.6 Å². The Balaban J connectivity index is 1.82. The van der Waals surface area contributed by atoms with Crippen LogP contribution in [0.25, 0.3) is 0 Å². The number of aliphatic hydroxyl groups is 1. The lowest BCUT2D eigenvalue weighted by Crippen LogP contribution is -2.56. The number of aliphatic hydroxyl groups excluding tert-OH is 1. The number of carbonyl (C=O) groups is 3. The van der Waals surface area contributed by atoms with E-state index in [1.165, 1.54) is 6.08 Å². The Labute approximate surface area is 225 Å². The van der Waals surface area contributed by atoms with Gasteiger partial charge >= 0.3 is 5.97 Å². The van der Waals surface area contributed by atoms with Gasteiger partial charge in [-0.05, 0) is 57.1 Å². The van der Waals surface area contributed by atoms with Crippen LogP contribution in [0.5, 0.6) is 0 Å². The van der Waals surface area contributed by atoms with Crippen molar-refractivity contribution in [1.29, 1.82) is 0 Å². The number of aryl methyl sites for hydroxylation is 2. The van der Waals surface area contributed by atoms with Crippen molar-refractivity contribution < 1.29 is 29.0 Å². The average Bonchev–Trinajstić information content (AvgIpc) is 3.50. The van der Waals surface area contributed by atoms with Crippen LogP contribution in [0.15, 0.2) is 43.5 Å². The molecular formula is C30H40N2O6. The van der Waals surface area contributed by atoms with Gasteiger partial charge in [-0.25, -0.2) is 0 Å². The lowest BCUT2D eigenvalue weighted by atomic mass is 9.65. The van der Waals surface area contributed by atoms with Crippen molar-refractivity contribution in [2.45, 2.75) is 70.1 Å². The highest BCUT2D eigenvalue weighted by atomic mass is 16.6. The number of rotatable bonds is 12. The number of esters is 1. The molecule has 3 aliphatic rings. The molecule has 2 amide bonds. The highest BCUT2D eigenvalue weighted by molar-refractivity contribution is 6.05. The monoisotopic (exact) mass is 524 g/mol. The van der Waals surface area contributed by atoms with Gasteiger partial charge in [0.05, 0.1) is 11.5 Å². The Morgan fingerprint density at radius 2 is 1.92 bits per heavy atom. The van der Waals surface area contributed by atoms with Gasteiger partial charge in [-0.2, -0.15) is 0 Å². The number of carbonyl (C=O) groups excluding carboxylic acids is 3. The molecule has 4 rings (SSSR count). The molecule has 0 radical (unpaired) electrons. The molecule has 2 unspecified atom stereocenters. The molecule has 8 heteroatoms. The number of hydrogen-bond acceptors (Lipinski definition) is 6. The van der Waals surface area contributed by atoms with E-state index in [0.29, 0.717) is 38.6 Å². The Morgan fingerprint density at radius 3 is 2.53 bits per heavy atom. The molecule has 3 saturated heterocycles. The zero-order valence-electron chi connectivity index (χ0n) is 22.8. The first-order valence-electron chi connectivity index (χ1n) is 13.6. The van der Waals surface area contributed by atoms with E-state index < -0.39 is 35.0 Å². The largest absolute Gasteiger partial charge is 0.461 e. The van der Waals surface area contributed by atoms with Gasteiger partial charge in [0.15, 0.2) is 0 Å². The molecule has 206 valence electrons. The molecule has 0 aromatic heterocycles. The standard InChI is InChI=1S/C30H40N2O6/c1-6-16-31(24-20(4)12-11-13-21(24)5)27(35)25-30-15-14-29(8-3,38-30)23(28(36)37-19-7-2)22(30)26(34)32(25)17-9-10-18-33/h6-7,11-13,22-23,25,33H,1-2,8-10,14-19H2,3-5H3/t22-,23-,25?,29+,30?/m0/s1. The van der Waals surface area contributed by atoms with Gasteiger partial charge < -0.3 is 24.4 Å². The fraction of sp³-hybridized carbons (Fsp3) is 0.567. The van der Waals surface area contributed by atoms with E-state index in [4.69, 9.17) is 9.47 Å². The molecule has 1 N–H and O–H groups in total. The van der Waals surface area contributed by atoms with Crippen molar-refractivity contribution in [2.24, 2.45) is 11.8 Å². The van der Waals surface area contributed by atoms with Crippen molar-refractivity contribution in [3.05, 3.63) is 54.6 Å². The number of amides is 2. The molecule has 38 heavy (non-hydrogen) atoms. The first kappa shape index (κ1) is 28.0. The van der Waals surface area contributed by atoms with Crippen LogP contribution in [-0.4, -0.2) is 71.3 Å². The van der Waals surface area contributed by atoms with Gasteiger partial charge in [-0.15, -0.1) is 6.58 Å². The van der Waals surface area contributed by atoms with Crippen LogP contribution < -0.4 is 4.90 Å². The molecule has 1 aromatic rings. The number of hydrogen-bond donors (Lipinski definition) is 1. The van der Waals surface area contributed by atoms with E-state index in [1.807, 2.05) is 39.0 Å². The minimum absolute atomic E-state index is 0.00778. The fourth-order valence-corrected chi connectivity index (χ4v) is 7.02. The van der Waals surface area contributed by atoms with Crippen LogP contribution in [0, 0.1) is 25.7 Å². The molecule has 1 spiro atoms. The third-order valence-electron chi connectivity index (χ3n) is 8.61. The van der Waals surface area contributed by atoms with Gasteiger partial charge in [0.1, 0.15) is 24.2 Å². The number of likely N-dealkylation sites (tertiary alicyclic amines) is 1. The molecule has 8 nitrogen and oxygen atoms in total. The first-order chi connectivity index (χ1) is 18.2. The van der Waals surface area contributed by atoms with Gasteiger partial charge in [0.2, 0.25) is 5.91 Å². The fourth-order valence-electron chi connectivity index (χ4n) is 7.02. The maximum absolute atomic E-state index is 14.6. The second-order valence-corrected chi connectivity index (χ2v) is 10.7. The smallest absolute Gasteiger partial charge is 0.313 e. The topological polar surface area (TPSA) is 96.4 Å². The van der Waals surface area contributed by atoms with Gasteiger partial charge in [0, 0.05) is 25.4 Å². The zero-order chi connectivity index (χ0) is 27.7. The van der Waals surface area contributed by atoms with E-state index in [9.17, 15) is 19.5 Å². The third kappa shape index (κ3) is 4.28. The maximum atomic E-state index is 14.6. The maximum Gasteiger partial charge on any atom is 0.313 e. The van der Waals surface area contributed by atoms with Gasteiger partial charge in [-0.1, -0.05) is 43.9 Å². The second kappa shape index (κ2) is 11.0. The molecule has 2 bridgehead atoms. The summed E-state index contributed by atoms with van der Waals surface area (Å²) in [6, 6.07) is 4.97. The number of nitrogens with zero attached hydrogens (tertiary/aromatic N) is 2. The molecule has 1 aromatic carbocycles. The Kier molecular flexibility index (Phi) is 8.14. The lowest BCUT2D eigenvalue weighted by molar-refractivity contribution is -0.159. The second-order valence-electron chi connectivity index (χ2n) is 10.7. The highest BCUT2D eigenvalue weighted by Crippen LogP contribution is 2.64. The lowest BCUT2D eigenvalue weighted by Gasteiger charge is -2.37. The summed E-state index contributed by atoms with van der Waals surface area (Å²) in [5, 5.41) is 9.39. The number of ether oxygens (including phenoxy) is 2. The Hall–Kier alpha value is -2.97. The highest BCUT2D eigenvalue weighted by Gasteiger charge is 2.79. The Morgan fingerprint density at radius 1 is 1.21 bits per heavy atom. The molecule has 0 saturated carbocycles. The number of para-hydroxylation sites is 1. The summed E-state index contributed by atoms with van der Waals surface area (Å²) >= 11 is 0. The van der Waals surface area contributed by atoms with Crippen molar-refractivity contribution in [1.82, 2.24) is 4.90 Å². The van der Waals surface area contributed by atoms with Crippen LogP contribution in [0.2, 0.25) is 0 Å². The summed E-state index contributed by atoms with van der Waals surface area (Å²) in [7, 11) is 0. The van der Waals surface area contributed by atoms with Gasteiger partial charge in [0.25, 0.3) is 5.91 Å². The summed E-state index contributed by atoms with van der Waals surface area (Å²) in [6.45, 7) is 14.0. The SMILES string of the molecule is C=CCOC(=O)[C@@H]1[C@H]2C(=O)N(CCCCO)C(C(=O)N(CC=C)c3c(C)cccc3C)C23CC[C@@]1(CC)O3. The predicted molar refractivity (Wildman–Crippen MR) is 144 cm³/mol.